The molecule has 0 bridgehead atoms. The van der Waals surface area contributed by atoms with Gasteiger partial charge in [0.15, 0.2) is 0 Å². The van der Waals surface area contributed by atoms with E-state index in [4.69, 9.17) is 19.5 Å². The zero-order valence-corrected chi connectivity index (χ0v) is 22.6. The Hall–Kier alpha value is -4.48. The maximum absolute atomic E-state index is 12.8. The highest BCUT2D eigenvalue weighted by molar-refractivity contribution is 5.84. The Labute approximate surface area is 234 Å². The minimum absolute atomic E-state index is 0.293. The quantitative estimate of drug-likeness (QED) is 0.220. The number of methoxy groups -OCH3 is 2. The molecule has 1 aliphatic heterocycles. The van der Waals surface area contributed by atoms with Gasteiger partial charge in [0.1, 0.15) is 5.75 Å². The standard InChI is InChI=1S/C30H28F3N5O3/c1-19-23(8-6-14-34-19)36-25-15-27-29(16-26(25)35-20(17-39-2)18-40-3)38(28-9-5-4-7-24(28)37-27)21-10-12-22(13-11-21)41-30(31,32)33/h4-16,20,36H,17-18H2,1-3H3/b35-26+. The number of nitrogens with one attached hydrogen (secondary N) is 1. The molecule has 0 fully saturated rings. The molecule has 0 amide bonds. The van der Waals surface area contributed by atoms with Crippen LogP contribution in [0.4, 0.5) is 24.5 Å². The molecule has 5 rings (SSSR count). The molecule has 0 radical (unpaired) electrons. The van der Waals surface area contributed by atoms with E-state index >= 15 is 0 Å². The summed E-state index contributed by atoms with van der Waals surface area (Å²) in [5.74, 6) is -0.305. The number of anilines is 2. The Morgan fingerprint density at radius 1 is 0.927 bits per heavy atom. The molecule has 0 spiro atoms. The SMILES string of the molecule is COCC(COC)/N=c1\cc2n(-c3ccc(OC(F)(F)F)cc3)c3ccccc3nc-2cc1Nc1cccnc1C. The van der Waals surface area contributed by atoms with Crippen molar-refractivity contribution < 1.29 is 27.4 Å². The van der Waals surface area contributed by atoms with Crippen LogP contribution >= 0.6 is 0 Å². The van der Waals surface area contributed by atoms with Gasteiger partial charge in [-0.2, -0.15) is 0 Å². The predicted molar refractivity (Wildman–Crippen MR) is 150 cm³/mol. The largest absolute Gasteiger partial charge is 0.573 e. The summed E-state index contributed by atoms with van der Waals surface area (Å²) in [5.41, 5.74) is 5.78. The van der Waals surface area contributed by atoms with Crippen LogP contribution in [-0.4, -0.2) is 54.4 Å². The lowest BCUT2D eigenvalue weighted by molar-refractivity contribution is -0.274. The van der Waals surface area contributed by atoms with Gasteiger partial charge in [-0.05, 0) is 67.6 Å². The van der Waals surface area contributed by atoms with Crippen LogP contribution in [0.1, 0.15) is 5.69 Å². The van der Waals surface area contributed by atoms with Gasteiger partial charge in [0.05, 0.1) is 64.1 Å². The van der Waals surface area contributed by atoms with Crippen LogP contribution in [0, 0.1) is 6.92 Å². The molecule has 1 N–H and O–H groups in total. The number of aromatic nitrogens is 3. The Bertz CT molecular complexity index is 1680. The van der Waals surface area contributed by atoms with Crippen molar-refractivity contribution in [3.05, 3.63) is 90.0 Å². The number of alkyl halides is 3. The van der Waals surface area contributed by atoms with E-state index in [9.17, 15) is 13.2 Å². The molecular weight excluding hydrogens is 535 g/mol. The molecule has 2 aliphatic rings. The first-order valence-electron chi connectivity index (χ1n) is 12.8. The summed E-state index contributed by atoms with van der Waals surface area (Å²) in [6, 6.07) is 20.6. The molecule has 2 heterocycles. The van der Waals surface area contributed by atoms with E-state index in [2.05, 4.69) is 15.0 Å². The first-order chi connectivity index (χ1) is 19.8. The van der Waals surface area contributed by atoms with Crippen molar-refractivity contribution >= 4 is 22.4 Å². The number of pyridine rings is 1. The fourth-order valence-corrected chi connectivity index (χ4v) is 4.59. The molecule has 1 aromatic heterocycles. The highest BCUT2D eigenvalue weighted by Gasteiger charge is 2.31. The zero-order chi connectivity index (χ0) is 29.0. The number of rotatable bonds is 9. The summed E-state index contributed by atoms with van der Waals surface area (Å²) in [6.45, 7) is 2.59. The second-order valence-electron chi connectivity index (χ2n) is 9.29. The smallest absolute Gasteiger partial charge is 0.406 e. The predicted octanol–water partition coefficient (Wildman–Crippen LogP) is 6.04. The van der Waals surface area contributed by atoms with Crippen LogP contribution in [0.5, 0.6) is 5.75 Å². The Morgan fingerprint density at radius 2 is 1.66 bits per heavy atom. The number of ether oxygens (including phenoxy) is 3. The summed E-state index contributed by atoms with van der Waals surface area (Å²) >= 11 is 0. The summed E-state index contributed by atoms with van der Waals surface area (Å²) in [7, 11) is 3.21. The highest BCUT2D eigenvalue weighted by atomic mass is 19.4. The van der Waals surface area contributed by atoms with Crippen molar-refractivity contribution in [2.45, 2.75) is 19.3 Å². The maximum Gasteiger partial charge on any atom is 0.573 e. The minimum atomic E-state index is -4.78. The van der Waals surface area contributed by atoms with Crippen molar-refractivity contribution in [3.63, 3.8) is 0 Å². The molecular formula is C30H28F3N5O3. The van der Waals surface area contributed by atoms with Crippen LogP contribution in [0.3, 0.4) is 0 Å². The van der Waals surface area contributed by atoms with E-state index in [1.165, 1.54) is 12.1 Å². The number of nitrogens with zero attached hydrogens (tertiary/aromatic N) is 4. The number of fused-ring (bicyclic) bond motifs is 2. The second-order valence-corrected chi connectivity index (χ2v) is 9.29. The molecule has 41 heavy (non-hydrogen) atoms. The van der Waals surface area contributed by atoms with Gasteiger partial charge >= 0.3 is 6.36 Å². The number of benzene rings is 3. The lowest BCUT2D eigenvalue weighted by Crippen LogP contribution is -2.24. The molecule has 0 unspecified atom stereocenters. The summed E-state index contributed by atoms with van der Waals surface area (Å²) in [5, 5.41) is 4.08. The number of hydrogen-bond donors (Lipinski definition) is 1. The molecule has 8 nitrogen and oxygen atoms in total. The van der Waals surface area contributed by atoms with Crippen LogP contribution in [0.25, 0.3) is 28.1 Å². The van der Waals surface area contributed by atoms with Crippen LogP contribution < -0.4 is 15.4 Å². The van der Waals surface area contributed by atoms with E-state index in [1.807, 2.05) is 60.0 Å². The number of halogens is 3. The van der Waals surface area contributed by atoms with E-state index in [0.717, 1.165) is 16.9 Å². The first kappa shape index (κ1) is 28.1. The highest BCUT2D eigenvalue weighted by Crippen LogP contribution is 2.32. The molecule has 212 valence electrons. The summed E-state index contributed by atoms with van der Waals surface area (Å²) in [4.78, 5) is 14.2. The monoisotopic (exact) mass is 563 g/mol. The van der Waals surface area contributed by atoms with Gasteiger partial charge in [-0.3, -0.25) is 9.98 Å². The third kappa shape index (κ3) is 6.47. The van der Waals surface area contributed by atoms with Gasteiger partial charge in [0, 0.05) is 26.1 Å². The molecule has 3 aromatic rings. The van der Waals surface area contributed by atoms with E-state index < -0.39 is 6.36 Å². The molecule has 1 aliphatic carbocycles. The van der Waals surface area contributed by atoms with Crippen molar-refractivity contribution in [2.24, 2.45) is 4.99 Å². The fourth-order valence-electron chi connectivity index (χ4n) is 4.59. The normalized spacial score (nSPS) is 12.4. The van der Waals surface area contributed by atoms with E-state index in [0.29, 0.717) is 46.9 Å². The average Bonchev–Trinajstić information content (AvgIpc) is 2.93. The Morgan fingerprint density at radius 3 is 2.34 bits per heavy atom. The molecule has 0 saturated heterocycles. The number of para-hydroxylation sites is 2. The van der Waals surface area contributed by atoms with Crippen molar-refractivity contribution in [1.29, 1.82) is 0 Å². The van der Waals surface area contributed by atoms with E-state index in [1.54, 1.807) is 32.5 Å². The minimum Gasteiger partial charge on any atom is -0.406 e. The Balaban J connectivity index is 1.76. The zero-order valence-electron chi connectivity index (χ0n) is 22.6. The average molecular weight is 564 g/mol. The lowest BCUT2D eigenvalue weighted by Gasteiger charge is -2.21. The third-order valence-corrected chi connectivity index (χ3v) is 6.34. The molecule has 0 atom stereocenters. The van der Waals surface area contributed by atoms with Crippen LogP contribution in [0.15, 0.2) is 84.0 Å². The van der Waals surface area contributed by atoms with Crippen molar-refractivity contribution in [1.82, 2.24) is 14.5 Å². The van der Waals surface area contributed by atoms with E-state index in [-0.39, 0.29) is 11.8 Å². The number of hydrogen-bond acceptors (Lipinski definition) is 7. The summed E-state index contributed by atoms with van der Waals surface area (Å²) < 4.78 is 55.1. The van der Waals surface area contributed by atoms with Gasteiger partial charge in [-0.15, -0.1) is 13.2 Å². The summed E-state index contributed by atoms with van der Waals surface area (Å²) in [6.07, 6.45) is -3.06. The Kier molecular flexibility index (Phi) is 8.18. The van der Waals surface area contributed by atoms with Gasteiger partial charge in [-0.25, -0.2) is 4.98 Å². The first-order valence-corrected chi connectivity index (χ1v) is 12.8. The topological polar surface area (TPSA) is 82.8 Å². The fraction of sp³-hybridized carbons (Fsp3) is 0.233. The van der Waals surface area contributed by atoms with Gasteiger partial charge < -0.3 is 24.1 Å². The molecule has 0 saturated carbocycles. The van der Waals surface area contributed by atoms with Gasteiger partial charge in [0.2, 0.25) is 0 Å². The van der Waals surface area contributed by atoms with Crippen molar-refractivity contribution in [2.75, 3.05) is 32.8 Å². The lowest BCUT2D eigenvalue weighted by atomic mass is 10.1. The molecule has 11 heteroatoms. The third-order valence-electron chi connectivity index (χ3n) is 6.34. The second kappa shape index (κ2) is 11.9. The molecule has 2 aromatic carbocycles. The van der Waals surface area contributed by atoms with Crippen LogP contribution in [-0.2, 0) is 9.47 Å². The maximum atomic E-state index is 12.8. The van der Waals surface area contributed by atoms with Gasteiger partial charge in [0.25, 0.3) is 0 Å². The van der Waals surface area contributed by atoms with Crippen molar-refractivity contribution in [3.8, 4) is 22.8 Å². The van der Waals surface area contributed by atoms with Crippen LogP contribution in [0.2, 0.25) is 0 Å². The number of aryl methyl sites for hydroxylation is 1. The van der Waals surface area contributed by atoms with Gasteiger partial charge in [-0.1, -0.05) is 12.1 Å².